The Morgan fingerprint density at radius 1 is 1.26 bits per heavy atom. The van der Waals surface area contributed by atoms with Gasteiger partial charge in [-0.2, -0.15) is 0 Å². The molecule has 1 N–H and O–H groups in total. The molecule has 0 atom stereocenters. The van der Waals surface area contributed by atoms with Crippen LogP contribution in [-0.4, -0.2) is 17.1 Å². The number of amides is 1. The molecule has 3 rings (SSSR count). The van der Waals surface area contributed by atoms with E-state index in [1.165, 1.54) is 0 Å². The molecule has 1 heterocycles. The summed E-state index contributed by atoms with van der Waals surface area (Å²) in [4.78, 5) is 17.8. The Kier molecular flexibility index (Phi) is 5.00. The first-order chi connectivity index (χ1) is 11.2. The summed E-state index contributed by atoms with van der Waals surface area (Å²) < 4.78 is 0. The largest absolute Gasteiger partial charge is 0.322 e. The van der Waals surface area contributed by atoms with Gasteiger partial charge in [0.1, 0.15) is 5.01 Å². The fourth-order valence-corrected chi connectivity index (χ4v) is 3.38. The maximum atomic E-state index is 12.5. The van der Waals surface area contributed by atoms with Crippen LogP contribution in [0.1, 0.15) is 10.4 Å². The third-order valence-corrected chi connectivity index (χ3v) is 5.09. The summed E-state index contributed by atoms with van der Waals surface area (Å²) in [5, 5.41) is 6.18. The van der Waals surface area contributed by atoms with Crippen LogP contribution >= 0.6 is 34.7 Å². The highest BCUT2D eigenvalue weighted by atomic mass is 35.5. The number of nitrogens with one attached hydrogen (secondary N) is 1. The number of anilines is 1. The molecule has 0 bridgehead atoms. The second-order valence-electron chi connectivity index (χ2n) is 4.72. The fraction of sp³-hybridized carbons (Fsp3) is 0.0588. The molecule has 1 aromatic heterocycles. The molecule has 116 valence electrons. The minimum atomic E-state index is -0.220. The first kappa shape index (κ1) is 16.1. The quantitative estimate of drug-likeness (QED) is 0.630. The SMILES string of the molecule is CSc1ccc(Cl)c(C(=O)Nc2cccc(-c3nccs3)c2)c1. The average Bonchev–Trinajstić information content (AvgIpc) is 3.10. The van der Waals surface area contributed by atoms with Crippen molar-refractivity contribution in [3.63, 3.8) is 0 Å². The van der Waals surface area contributed by atoms with E-state index >= 15 is 0 Å². The van der Waals surface area contributed by atoms with Crippen LogP contribution in [0, 0.1) is 0 Å². The van der Waals surface area contributed by atoms with Crippen LogP contribution < -0.4 is 5.32 Å². The van der Waals surface area contributed by atoms with Gasteiger partial charge in [0.15, 0.2) is 0 Å². The third kappa shape index (κ3) is 3.75. The molecule has 6 heteroatoms. The molecule has 2 aromatic carbocycles. The topological polar surface area (TPSA) is 42.0 Å². The lowest BCUT2D eigenvalue weighted by atomic mass is 10.1. The van der Waals surface area contributed by atoms with Gasteiger partial charge in [-0.3, -0.25) is 4.79 Å². The molecule has 0 aliphatic heterocycles. The van der Waals surface area contributed by atoms with Gasteiger partial charge < -0.3 is 5.32 Å². The number of carbonyl (C=O) groups is 1. The predicted octanol–water partition coefficient (Wildman–Crippen LogP) is 5.44. The molecule has 0 radical (unpaired) electrons. The molecule has 0 spiro atoms. The van der Waals surface area contributed by atoms with Crippen molar-refractivity contribution < 1.29 is 4.79 Å². The summed E-state index contributed by atoms with van der Waals surface area (Å²) in [6.07, 6.45) is 3.72. The van der Waals surface area contributed by atoms with Crippen LogP contribution in [0.25, 0.3) is 10.6 Å². The van der Waals surface area contributed by atoms with Crippen molar-refractivity contribution in [2.75, 3.05) is 11.6 Å². The number of hydrogen-bond donors (Lipinski definition) is 1. The van der Waals surface area contributed by atoms with Crippen LogP contribution in [0.2, 0.25) is 5.02 Å². The second kappa shape index (κ2) is 7.17. The number of thioether (sulfide) groups is 1. The fourth-order valence-electron chi connectivity index (χ4n) is 2.10. The van der Waals surface area contributed by atoms with Crippen molar-refractivity contribution in [1.82, 2.24) is 4.98 Å². The van der Waals surface area contributed by atoms with Gasteiger partial charge in [0, 0.05) is 27.7 Å². The Morgan fingerprint density at radius 2 is 2.13 bits per heavy atom. The van der Waals surface area contributed by atoms with Crippen molar-refractivity contribution in [1.29, 1.82) is 0 Å². The summed E-state index contributed by atoms with van der Waals surface area (Å²) in [7, 11) is 0. The van der Waals surface area contributed by atoms with E-state index in [0.717, 1.165) is 15.5 Å². The molecular formula is C17H13ClN2OS2. The molecule has 3 aromatic rings. The summed E-state index contributed by atoms with van der Waals surface area (Å²) in [5.41, 5.74) is 2.16. The molecule has 3 nitrogen and oxygen atoms in total. The number of thiazole rings is 1. The zero-order valence-electron chi connectivity index (χ0n) is 12.2. The van der Waals surface area contributed by atoms with Crippen LogP contribution in [0.5, 0.6) is 0 Å². The van der Waals surface area contributed by atoms with Gasteiger partial charge in [0.2, 0.25) is 0 Å². The van der Waals surface area contributed by atoms with Crippen molar-refractivity contribution in [2.45, 2.75) is 4.90 Å². The van der Waals surface area contributed by atoms with Crippen molar-refractivity contribution in [3.05, 3.63) is 64.6 Å². The number of rotatable bonds is 4. The van der Waals surface area contributed by atoms with E-state index in [9.17, 15) is 4.79 Å². The number of benzene rings is 2. The second-order valence-corrected chi connectivity index (χ2v) is 6.90. The Bertz CT molecular complexity index is 834. The zero-order chi connectivity index (χ0) is 16.2. The highest BCUT2D eigenvalue weighted by Gasteiger charge is 2.12. The van der Waals surface area contributed by atoms with Gasteiger partial charge in [0.25, 0.3) is 5.91 Å². The highest BCUT2D eigenvalue weighted by molar-refractivity contribution is 7.98. The predicted molar refractivity (Wildman–Crippen MR) is 98.7 cm³/mol. The molecule has 0 fully saturated rings. The molecule has 0 saturated heterocycles. The molecule has 0 unspecified atom stereocenters. The normalized spacial score (nSPS) is 10.5. The van der Waals surface area contributed by atoms with Gasteiger partial charge in [0.05, 0.1) is 10.6 Å². The van der Waals surface area contributed by atoms with E-state index < -0.39 is 0 Å². The van der Waals surface area contributed by atoms with E-state index in [4.69, 9.17) is 11.6 Å². The lowest BCUT2D eigenvalue weighted by Gasteiger charge is -2.09. The van der Waals surface area contributed by atoms with Crippen molar-refractivity contribution in [2.24, 2.45) is 0 Å². The van der Waals surface area contributed by atoms with Crippen LogP contribution in [0.15, 0.2) is 58.9 Å². The summed E-state index contributed by atoms with van der Waals surface area (Å²) >= 11 is 9.28. The summed E-state index contributed by atoms with van der Waals surface area (Å²) in [6.45, 7) is 0. The Balaban J connectivity index is 1.85. The van der Waals surface area contributed by atoms with E-state index in [2.05, 4.69) is 10.3 Å². The number of carbonyl (C=O) groups excluding carboxylic acids is 1. The van der Waals surface area contributed by atoms with Crippen molar-refractivity contribution >= 4 is 46.3 Å². The smallest absolute Gasteiger partial charge is 0.257 e. The van der Waals surface area contributed by atoms with Crippen LogP contribution in [0.3, 0.4) is 0 Å². The Hall–Kier alpha value is -1.82. The minimum Gasteiger partial charge on any atom is -0.322 e. The third-order valence-electron chi connectivity index (χ3n) is 3.22. The van der Waals surface area contributed by atoms with Gasteiger partial charge in [-0.1, -0.05) is 23.7 Å². The van der Waals surface area contributed by atoms with Gasteiger partial charge in [-0.25, -0.2) is 4.98 Å². The first-order valence-electron chi connectivity index (χ1n) is 6.82. The van der Waals surface area contributed by atoms with Crippen molar-refractivity contribution in [3.8, 4) is 10.6 Å². The maximum Gasteiger partial charge on any atom is 0.257 e. The number of aromatic nitrogens is 1. The standard InChI is InChI=1S/C17H13ClN2OS2/c1-22-13-5-6-15(18)14(10-13)16(21)20-12-4-2-3-11(9-12)17-19-7-8-23-17/h2-10H,1H3,(H,20,21). The minimum absolute atomic E-state index is 0.220. The number of nitrogens with zero attached hydrogens (tertiary/aromatic N) is 1. The molecule has 0 aliphatic rings. The average molecular weight is 361 g/mol. The van der Waals surface area contributed by atoms with E-state index in [-0.39, 0.29) is 5.91 Å². The zero-order valence-corrected chi connectivity index (χ0v) is 14.6. The van der Waals surface area contributed by atoms with Gasteiger partial charge in [-0.05, 0) is 36.6 Å². The highest BCUT2D eigenvalue weighted by Crippen LogP contribution is 2.26. The maximum absolute atomic E-state index is 12.5. The van der Waals surface area contributed by atoms with Crippen LogP contribution in [0.4, 0.5) is 5.69 Å². The number of halogens is 1. The lowest BCUT2D eigenvalue weighted by Crippen LogP contribution is -2.12. The first-order valence-corrected chi connectivity index (χ1v) is 9.30. The monoisotopic (exact) mass is 360 g/mol. The molecule has 23 heavy (non-hydrogen) atoms. The molecule has 0 saturated carbocycles. The summed E-state index contributed by atoms with van der Waals surface area (Å²) in [6, 6.07) is 13.1. The van der Waals surface area contributed by atoms with Gasteiger partial charge in [-0.15, -0.1) is 23.1 Å². The molecule has 1 amide bonds. The lowest BCUT2D eigenvalue weighted by molar-refractivity contribution is 0.102. The van der Waals surface area contributed by atoms with E-state index in [0.29, 0.717) is 16.3 Å². The van der Waals surface area contributed by atoms with E-state index in [1.54, 1.807) is 41.4 Å². The molecular weight excluding hydrogens is 348 g/mol. The summed E-state index contributed by atoms with van der Waals surface area (Å²) in [5.74, 6) is -0.220. The van der Waals surface area contributed by atoms with Gasteiger partial charge >= 0.3 is 0 Å². The van der Waals surface area contributed by atoms with E-state index in [1.807, 2.05) is 42.0 Å². The Labute approximate surface area is 147 Å². The Morgan fingerprint density at radius 3 is 2.87 bits per heavy atom. The molecule has 0 aliphatic carbocycles. The number of hydrogen-bond acceptors (Lipinski definition) is 4. The van der Waals surface area contributed by atoms with Crippen LogP contribution in [-0.2, 0) is 0 Å².